The summed E-state index contributed by atoms with van der Waals surface area (Å²) in [7, 11) is 0. The van der Waals surface area contributed by atoms with Crippen LogP contribution >= 0.6 is 0 Å². The summed E-state index contributed by atoms with van der Waals surface area (Å²) in [6.07, 6.45) is 8.64. The predicted octanol–water partition coefficient (Wildman–Crippen LogP) is 10.4. The molecule has 0 saturated heterocycles. The van der Waals surface area contributed by atoms with Crippen LogP contribution in [0.15, 0.2) is 146 Å². The molecule has 7 aromatic rings. The Bertz CT molecular complexity index is 2070. The largest absolute Gasteiger partial charge is 0.293 e. The molecule has 1 heterocycles. The number of aromatic nitrogens is 2. The van der Waals surface area contributed by atoms with Crippen molar-refractivity contribution in [1.29, 1.82) is 0 Å². The van der Waals surface area contributed by atoms with Crippen LogP contribution in [0.25, 0.3) is 66.1 Å². The van der Waals surface area contributed by atoms with Gasteiger partial charge in [0.2, 0.25) is 0 Å². The average Bonchev–Trinajstić information content (AvgIpc) is 3.44. The van der Waals surface area contributed by atoms with Crippen LogP contribution in [-0.4, -0.2) is 9.55 Å². The number of benzene rings is 6. The van der Waals surface area contributed by atoms with Crippen LogP contribution in [0.4, 0.5) is 0 Å². The second kappa shape index (κ2) is 9.76. The zero-order chi connectivity index (χ0) is 27.2. The molecule has 0 saturated carbocycles. The molecule has 6 aromatic carbocycles. The Balaban J connectivity index is 1.34. The van der Waals surface area contributed by atoms with Gasteiger partial charge in [-0.05, 0) is 86.5 Å². The first kappa shape index (κ1) is 23.7. The molecule has 0 radical (unpaired) electrons. The van der Waals surface area contributed by atoms with Crippen molar-refractivity contribution in [2.24, 2.45) is 0 Å². The third kappa shape index (κ3) is 3.91. The Hall–Kier alpha value is -5.21. The zero-order valence-corrected chi connectivity index (χ0v) is 22.7. The summed E-state index contributed by atoms with van der Waals surface area (Å²) in [5, 5.41) is 5.09. The van der Waals surface area contributed by atoms with Crippen LogP contribution < -0.4 is 0 Å². The van der Waals surface area contributed by atoms with Gasteiger partial charge >= 0.3 is 0 Å². The number of nitrogens with zero attached hydrogens (tertiary/aromatic N) is 2. The number of rotatable bonds is 4. The number of hydrogen-bond donors (Lipinski definition) is 0. The topological polar surface area (TPSA) is 17.8 Å². The summed E-state index contributed by atoms with van der Waals surface area (Å²) in [6.45, 7) is 0. The number of imidazole rings is 1. The second-order valence-corrected chi connectivity index (χ2v) is 10.7. The molecule has 1 aliphatic carbocycles. The van der Waals surface area contributed by atoms with Gasteiger partial charge in [-0.15, -0.1) is 0 Å². The lowest BCUT2D eigenvalue weighted by Crippen LogP contribution is -2.02. The number of allylic oxidation sites excluding steroid dienone is 4. The van der Waals surface area contributed by atoms with Gasteiger partial charge in [-0.1, -0.05) is 121 Å². The van der Waals surface area contributed by atoms with Gasteiger partial charge in [0.1, 0.15) is 5.82 Å². The molecule has 0 spiro atoms. The highest BCUT2D eigenvalue weighted by atomic mass is 15.1. The molecule has 41 heavy (non-hydrogen) atoms. The van der Waals surface area contributed by atoms with E-state index >= 15 is 0 Å². The van der Waals surface area contributed by atoms with E-state index in [0.717, 1.165) is 35.4 Å². The van der Waals surface area contributed by atoms with E-state index < -0.39 is 0 Å². The molecule has 0 unspecified atom stereocenters. The van der Waals surface area contributed by atoms with E-state index in [1.165, 1.54) is 49.4 Å². The van der Waals surface area contributed by atoms with Gasteiger partial charge in [0, 0.05) is 5.69 Å². The van der Waals surface area contributed by atoms with Gasteiger partial charge in [0.25, 0.3) is 0 Å². The van der Waals surface area contributed by atoms with Gasteiger partial charge in [0.05, 0.1) is 11.0 Å². The third-order valence-electron chi connectivity index (χ3n) is 8.27. The van der Waals surface area contributed by atoms with E-state index in [1.54, 1.807) is 0 Å². The van der Waals surface area contributed by atoms with Gasteiger partial charge in [0.15, 0.2) is 0 Å². The molecule has 8 rings (SSSR count). The molecule has 1 aliphatic rings. The lowest BCUT2D eigenvalue weighted by Gasteiger charge is -2.18. The van der Waals surface area contributed by atoms with Crippen LogP contribution in [0.2, 0.25) is 0 Å². The molecule has 194 valence electrons. The normalized spacial score (nSPS) is 13.2. The Morgan fingerprint density at radius 1 is 0.537 bits per heavy atom. The molecule has 2 heteroatoms. The van der Waals surface area contributed by atoms with Gasteiger partial charge in [-0.2, -0.15) is 0 Å². The van der Waals surface area contributed by atoms with E-state index in [4.69, 9.17) is 4.98 Å². The fraction of sp³-hybridized carbons (Fsp3) is 0.0513. The van der Waals surface area contributed by atoms with E-state index in [0.29, 0.717) is 0 Å². The van der Waals surface area contributed by atoms with Crippen molar-refractivity contribution in [2.45, 2.75) is 12.8 Å². The zero-order valence-electron chi connectivity index (χ0n) is 22.7. The summed E-state index contributed by atoms with van der Waals surface area (Å²) in [5.41, 5.74) is 9.59. The molecule has 1 aromatic heterocycles. The van der Waals surface area contributed by atoms with Crippen LogP contribution in [0.3, 0.4) is 0 Å². The van der Waals surface area contributed by atoms with Crippen molar-refractivity contribution in [3.8, 4) is 27.9 Å². The van der Waals surface area contributed by atoms with Crippen molar-refractivity contribution >= 4 is 38.2 Å². The van der Waals surface area contributed by atoms with Gasteiger partial charge in [-0.3, -0.25) is 4.57 Å². The summed E-state index contributed by atoms with van der Waals surface area (Å²) in [5.74, 6) is 1.03. The van der Waals surface area contributed by atoms with Gasteiger partial charge < -0.3 is 0 Å². The minimum atomic E-state index is 1.00. The van der Waals surface area contributed by atoms with Crippen molar-refractivity contribution in [3.63, 3.8) is 0 Å². The molecule has 0 fully saturated rings. The highest BCUT2D eigenvalue weighted by Crippen LogP contribution is 2.43. The Morgan fingerprint density at radius 2 is 1.10 bits per heavy atom. The van der Waals surface area contributed by atoms with Crippen molar-refractivity contribution in [1.82, 2.24) is 9.55 Å². The van der Waals surface area contributed by atoms with Crippen LogP contribution in [0.1, 0.15) is 18.7 Å². The lowest BCUT2D eigenvalue weighted by molar-refractivity contribution is 0.982. The second-order valence-electron chi connectivity index (χ2n) is 10.7. The molecular formula is C39H28N2. The quantitative estimate of drug-likeness (QED) is 0.209. The van der Waals surface area contributed by atoms with E-state index in [1.807, 2.05) is 0 Å². The smallest absolute Gasteiger partial charge is 0.141 e. The first-order valence-electron chi connectivity index (χ1n) is 14.3. The fourth-order valence-corrected chi connectivity index (χ4v) is 6.42. The van der Waals surface area contributed by atoms with Crippen molar-refractivity contribution in [2.75, 3.05) is 0 Å². The molecular weight excluding hydrogens is 496 g/mol. The first-order chi connectivity index (χ1) is 20.4. The molecule has 0 aliphatic heterocycles. The maximum Gasteiger partial charge on any atom is 0.141 e. The first-order valence-corrected chi connectivity index (χ1v) is 14.3. The molecule has 2 nitrogen and oxygen atoms in total. The van der Waals surface area contributed by atoms with E-state index in [9.17, 15) is 0 Å². The Labute approximate surface area is 239 Å². The minimum absolute atomic E-state index is 1.00. The summed E-state index contributed by atoms with van der Waals surface area (Å²) < 4.78 is 2.32. The predicted molar refractivity (Wildman–Crippen MR) is 173 cm³/mol. The van der Waals surface area contributed by atoms with Gasteiger partial charge in [-0.25, -0.2) is 4.98 Å². The summed E-state index contributed by atoms with van der Waals surface area (Å²) in [6, 6.07) is 45.9. The van der Waals surface area contributed by atoms with Crippen LogP contribution in [-0.2, 0) is 0 Å². The molecule has 0 N–H and O–H groups in total. The highest BCUT2D eigenvalue weighted by molar-refractivity contribution is 6.21. The standard InChI is InChI=1S/C39H28N2/c1-3-13-27(14-4-1)37-31-17-7-9-19-33(31)38(34-20-10-8-18-32(34)37)28-23-25-30(26-24-28)41-36-22-12-11-21-35(36)40-39(41)29-15-5-2-6-16-29/h1-5,7-15,17-26H,6,16H2. The fourth-order valence-electron chi connectivity index (χ4n) is 6.42. The highest BCUT2D eigenvalue weighted by Gasteiger charge is 2.19. The van der Waals surface area contributed by atoms with E-state index in [-0.39, 0.29) is 0 Å². The maximum atomic E-state index is 5.07. The van der Waals surface area contributed by atoms with Crippen molar-refractivity contribution in [3.05, 3.63) is 151 Å². The SMILES string of the molecule is C1=CCCC(c2nc3ccccc3n2-c2ccc(-c3c4ccccc4c(-c4ccccc4)c4ccccc34)cc2)=C1. The third-order valence-corrected chi connectivity index (χ3v) is 8.27. The number of fused-ring (bicyclic) bond motifs is 3. The van der Waals surface area contributed by atoms with E-state index in [2.05, 4.69) is 150 Å². The maximum absolute atomic E-state index is 5.07. The summed E-state index contributed by atoms with van der Waals surface area (Å²) in [4.78, 5) is 5.07. The minimum Gasteiger partial charge on any atom is -0.293 e. The average molecular weight is 525 g/mol. The molecule has 0 bridgehead atoms. The molecule has 0 amide bonds. The Kier molecular flexibility index (Phi) is 5.63. The van der Waals surface area contributed by atoms with Crippen LogP contribution in [0, 0.1) is 0 Å². The Morgan fingerprint density at radius 3 is 1.71 bits per heavy atom. The van der Waals surface area contributed by atoms with Crippen molar-refractivity contribution < 1.29 is 0 Å². The number of hydrogen-bond acceptors (Lipinski definition) is 1. The molecule has 0 atom stereocenters. The van der Waals surface area contributed by atoms with Crippen LogP contribution in [0.5, 0.6) is 0 Å². The summed E-state index contributed by atoms with van der Waals surface area (Å²) >= 11 is 0. The number of para-hydroxylation sites is 2. The lowest BCUT2D eigenvalue weighted by atomic mass is 9.86. The monoisotopic (exact) mass is 524 g/mol.